The standard InChI is InChI=1S/C27H23ClN2O3S/c1-32-26-15-19(16-29-30-27(31)18-34-24-11-9-23(28)10-12-24)7-13-25(26)33-17-20-6-8-21-4-2-3-5-22(21)14-20/h2-16H,17-18H2,1H3,(H,30,31)/b29-16-. The highest BCUT2D eigenvalue weighted by atomic mass is 35.5. The van der Waals surface area contributed by atoms with Gasteiger partial charge in [-0.2, -0.15) is 5.10 Å². The third-order valence-electron chi connectivity index (χ3n) is 4.98. The van der Waals surface area contributed by atoms with Crippen molar-refractivity contribution >= 4 is 46.3 Å². The molecule has 0 unspecified atom stereocenters. The lowest BCUT2D eigenvalue weighted by Gasteiger charge is -2.12. The maximum atomic E-state index is 12.0. The van der Waals surface area contributed by atoms with Crippen molar-refractivity contribution in [2.24, 2.45) is 5.10 Å². The Kier molecular flexibility index (Phi) is 8.07. The average Bonchev–Trinajstić information content (AvgIpc) is 2.87. The van der Waals surface area contributed by atoms with Crippen molar-refractivity contribution in [2.75, 3.05) is 12.9 Å². The Morgan fingerprint density at radius 2 is 1.76 bits per heavy atom. The zero-order chi connectivity index (χ0) is 23.8. The molecule has 1 amide bonds. The highest BCUT2D eigenvalue weighted by Crippen LogP contribution is 2.29. The SMILES string of the molecule is COc1cc(/C=N\NC(=O)CSc2ccc(Cl)cc2)ccc1OCc1ccc2ccccc2c1. The molecule has 0 aliphatic carbocycles. The van der Waals surface area contributed by atoms with Crippen LogP contribution < -0.4 is 14.9 Å². The van der Waals surface area contributed by atoms with Crippen LogP contribution in [0.15, 0.2) is 94.9 Å². The van der Waals surface area contributed by atoms with Crippen LogP contribution in [0, 0.1) is 0 Å². The second-order valence-electron chi connectivity index (χ2n) is 7.42. The summed E-state index contributed by atoms with van der Waals surface area (Å²) in [5.41, 5.74) is 4.39. The summed E-state index contributed by atoms with van der Waals surface area (Å²) in [6.07, 6.45) is 1.57. The van der Waals surface area contributed by atoms with Crippen LogP contribution in [0.5, 0.6) is 11.5 Å². The van der Waals surface area contributed by atoms with E-state index in [2.05, 4.69) is 40.9 Å². The summed E-state index contributed by atoms with van der Waals surface area (Å²) in [6, 6.07) is 27.3. The van der Waals surface area contributed by atoms with Crippen LogP contribution in [0.4, 0.5) is 0 Å². The monoisotopic (exact) mass is 490 g/mol. The minimum atomic E-state index is -0.196. The second kappa shape index (κ2) is 11.6. The molecular weight excluding hydrogens is 468 g/mol. The fraction of sp³-hybridized carbons (Fsp3) is 0.111. The van der Waals surface area contributed by atoms with Crippen molar-refractivity contribution in [3.05, 3.63) is 101 Å². The topological polar surface area (TPSA) is 59.9 Å². The second-order valence-corrected chi connectivity index (χ2v) is 8.90. The van der Waals surface area contributed by atoms with Crippen LogP contribution in [-0.2, 0) is 11.4 Å². The van der Waals surface area contributed by atoms with Crippen molar-refractivity contribution in [3.8, 4) is 11.5 Å². The Morgan fingerprint density at radius 3 is 2.56 bits per heavy atom. The lowest BCUT2D eigenvalue weighted by Crippen LogP contribution is -2.19. The molecule has 172 valence electrons. The first kappa shape index (κ1) is 23.7. The molecule has 7 heteroatoms. The summed E-state index contributed by atoms with van der Waals surface area (Å²) in [6.45, 7) is 0.427. The molecular formula is C27H23ClN2O3S. The van der Waals surface area contributed by atoms with Gasteiger partial charge in [0.25, 0.3) is 0 Å². The molecule has 4 aromatic rings. The number of thioether (sulfide) groups is 1. The van der Waals surface area contributed by atoms with Gasteiger partial charge in [0, 0.05) is 9.92 Å². The van der Waals surface area contributed by atoms with Gasteiger partial charge < -0.3 is 9.47 Å². The van der Waals surface area contributed by atoms with E-state index in [-0.39, 0.29) is 11.7 Å². The molecule has 4 aromatic carbocycles. The Labute approximate surface area is 207 Å². The van der Waals surface area contributed by atoms with Crippen molar-refractivity contribution in [3.63, 3.8) is 0 Å². The first-order valence-corrected chi connectivity index (χ1v) is 12.0. The maximum Gasteiger partial charge on any atom is 0.250 e. The first-order valence-electron chi connectivity index (χ1n) is 10.6. The van der Waals surface area contributed by atoms with Crippen LogP contribution in [0.2, 0.25) is 5.02 Å². The number of ether oxygens (including phenoxy) is 2. The predicted molar refractivity (Wildman–Crippen MR) is 139 cm³/mol. The van der Waals surface area contributed by atoms with Crippen LogP contribution in [0.25, 0.3) is 10.8 Å². The van der Waals surface area contributed by atoms with E-state index in [1.54, 1.807) is 25.5 Å². The minimum Gasteiger partial charge on any atom is -0.493 e. The molecule has 34 heavy (non-hydrogen) atoms. The van der Waals surface area contributed by atoms with Crippen LogP contribution >= 0.6 is 23.4 Å². The third kappa shape index (κ3) is 6.53. The summed E-state index contributed by atoms with van der Waals surface area (Å²) >= 11 is 7.29. The number of halogens is 1. The van der Waals surface area contributed by atoms with Gasteiger partial charge in [-0.3, -0.25) is 4.79 Å². The lowest BCUT2D eigenvalue weighted by atomic mass is 10.1. The van der Waals surface area contributed by atoms with E-state index in [1.807, 2.05) is 42.5 Å². The fourth-order valence-corrected chi connectivity index (χ4v) is 4.08. The number of carbonyl (C=O) groups excluding carboxylic acids is 1. The van der Waals surface area contributed by atoms with Crippen molar-refractivity contribution in [1.29, 1.82) is 0 Å². The molecule has 0 aromatic heterocycles. The first-order chi connectivity index (χ1) is 16.6. The number of hydrogen-bond donors (Lipinski definition) is 1. The number of fused-ring (bicyclic) bond motifs is 1. The molecule has 1 N–H and O–H groups in total. The smallest absolute Gasteiger partial charge is 0.250 e. The summed E-state index contributed by atoms with van der Waals surface area (Å²) < 4.78 is 11.5. The lowest BCUT2D eigenvalue weighted by molar-refractivity contribution is -0.118. The van der Waals surface area contributed by atoms with Crippen molar-refractivity contribution in [2.45, 2.75) is 11.5 Å². The van der Waals surface area contributed by atoms with Crippen LogP contribution in [0.3, 0.4) is 0 Å². The summed E-state index contributed by atoms with van der Waals surface area (Å²) in [7, 11) is 1.59. The number of methoxy groups -OCH3 is 1. The van der Waals surface area contributed by atoms with Crippen molar-refractivity contribution in [1.82, 2.24) is 5.43 Å². The molecule has 0 saturated heterocycles. The molecule has 0 bridgehead atoms. The molecule has 0 radical (unpaired) electrons. The van der Waals surface area contributed by atoms with E-state index >= 15 is 0 Å². The molecule has 4 rings (SSSR count). The van der Waals surface area contributed by atoms with E-state index in [0.717, 1.165) is 16.0 Å². The van der Waals surface area contributed by atoms with Gasteiger partial charge in [-0.1, -0.05) is 48.0 Å². The van der Waals surface area contributed by atoms with Gasteiger partial charge >= 0.3 is 0 Å². The van der Waals surface area contributed by atoms with Gasteiger partial charge in [0.2, 0.25) is 5.91 Å². The van der Waals surface area contributed by atoms with Gasteiger partial charge in [-0.05, 0) is 70.4 Å². The summed E-state index contributed by atoms with van der Waals surface area (Å²) in [4.78, 5) is 13.0. The average molecular weight is 491 g/mol. The molecule has 0 spiro atoms. The minimum absolute atomic E-state index is 0.196. The normalized spacial score (nSPS) is 11.0. The molecule has 0 fully saturated rings. The Bertz CT molecular complexity index is 1310. The fourth-order valence-electron chi connectivity index (χ4n) is 3.26. The van der Waals surface area contributed by atoms with Gasteiger partial charge in [-0.25, -0.2) is 5.43 Å². The van der Waals surface area contributed by atoms with Gasteiger partial charge in [0.15, 0.2) is 11.5 Å². The van der Waals surface area contributed by atoms with Gasteiger partial charge in [0.1, 0.15) is 6.61 Å². The Morgan fingerprint density at radius 1 is 0.971 bits per heavy atom. The number of hydrazone groups is 1. The molecule has 0 heterocycles. The summed E-state index contributed by atoms with van der Waals surface area (Å²) in [5, 5.41) is 7.08. The largest absolute Gasteiger partial charge is 0.493 e. The third-order valence-corrected chi connectivity index (χ3v) is 6.25. The molecule has 0 aliphatic heterocycles. The number of amides is 1. The number of rotatable bonds is 9. The van der Waals surface area contributed by atoms with E-state index in [4.69, 9.17) is 21.1 Å². The van der Waals surface area contributed by atoms with E-state index in [9.17, 15) is 4.79 Å². The number of carbonyl (C=O) groups is 1. The highest BCUT2D eigenvalue weighted by Gasteiger charge is 2.07. The number of nitrogens with one attached hydrogen (secondary N) is 1. The van der Waals surface area contributed by atoms with Crippen molar-refractivity contribution < 1.29 is 14.3 Å². The van der Waals surface area contributed by atoms with Gasteiger partial charge in [-0.15, -0.1) is 11.8 Å². The predicted octanol–water partition coefficient (Wildman–Crippen LogP) is 6.32. The number of benzene rings is 4. The maximum absolute atomic E-state index is 12.0. The Hall–Kier alpha value is -3.48. The molecule has 0 atom stereocenters. The molecule has 0 saturated carbocycles. The van der Waals surface area contributed by atoms with E-state index < -0.39 is 0 Å². The van der Waals surface area contributed by atoms with E-state index in [0.29, 0.717) is 23.1 Å². The van der Waals surface area contributed by atoms with E-state index in [1.165, 1.54) is 22.5 Å². The molecule has 0 aliphatic rings. The zero-order valence-corrected chi connectivity index (χ0v) is 20.1. The quantitative estimate of drug-likeness (QED) is 0.169. The van der Waals surface area contributed by atoms with Crippen LogP contribution in [-0.4, -0.2) is 25.0 Å². The summed E-state index contributed by atoms with van der Waals surface area (Å²) in [5.74, 6) is 1.29. The number of nitrogens with zero attached hydrogens (tertiary/aromatic N) is 1. The highest BCUT2D eigenvalue weighted by molar-refractivity contribution is 8.00. The Balaban J connectivity index is 1.31. The van der Waals surface area contributed by atoms with Gasteiger partial charge in [0.05, 0.1) is 19.1 Å². The van der Waals surface area contributed by atoms with Crippen LogP contribution in [0.1, 0.15) is 11.1 Å². The zero-order valence-electron chi connectivity index (χ0n) is 18.5. The number of hydrogen-bond acceptors (Lipinski definition) is 5. The molecule has 5 nitrogen and oxygen atoms in total.